The largest absolute Gasteiger partial charge is 0.494 e. The molecule has 0 aliphatic heterocycles. The van der Waals surface area contributed by atoms with Gasteiger partial charge in [-0.3, -0.25) is 9.69 Å². The lowest BCUT2D eigenvalue weighted by molar-refractivity contribution is -0.138. The van der Waals surface area contributed by atoms with Crippen molar-refractivity contribution in [3.63, 3.8) is 0 Å². The quantitative estimate of drug-likeness (QED) is 0.742. The van der Waals surface area contributed by atoms with E-state index in [1.807, 2.05) is 17.0 Å². The molecule has 1 aromatic rings. The van der Waals surface area contributed by atoms with Crippen LogP contribution in [0.1, 0.15) is 30.4 Å². The number of carboxylic acid groups (broad SMARTS) is 1. The van der Waals surface area contributed by atoms with E-state index in [4.69, 9.17) is 9.84 Å². The molecule has 1 aliphatic rings. The second-order valence-corrected chi connectivity index (χ2v) is 5.54. The number of hydrogen-bond acceptors (Lipinski definition) is 3. The maximum atomic E-state index is 10.8. The topological polar surface area (TPSA) is 49.8 Å². The molecule has 1 fully saturated rings. The van der Waals surface area contributed by atoms with Gasteiger partial charge in [-0.15, -0.1) is 0 Å². The maximum absolute atomic E-state index is 10.8. The predicted octanol–water partition coefficient (Wildman–Crippen LogP) is 2.62. The molecule has 110 valence electrons. The van der Waals surface area contributed by atoms with Crippen LogP contribution in [-0.4, -0.2) is 41.7 Å². The molecule has 0 aromatic heterocycles. The molecule has 1 aromatic carbocycles. The highest BCUT2D eigenvalue weighted by molar-refractivity contribution is 5.69. The van der Waals surface area contributed by atoms with Crippen LogP contribution in [0.15, 0.2) is 18.2 Å². The van der Waals surface area contributed by atoms with Gasteiger partial charge in [-0.2, -0.15) is 0 Å². The minimum Gasteiger partial charge on any atom is -0.494 e. The van der Waals surface area contributed by atoms with Crippen molar-refractivity contribution < 1.29 is 14.6 Å². The minimum atomic E-state index is -0.744. The van der Waals surface area contributed by atoms with Gasteiger partial charge in [0.05, 0.1) is 13.2 Å². The summed E-state index contributed by atoms with van der Waals surface area (Å²) < 4.78 is 5.72. The van der Waals surface area contributed by atoms with Gasteiger partial charge in [0.15, 0.2) is 0 Å². The van der Waals surface area contributed by atoms with Gasteiger partial charge >= 0.3 is 5.97 Å². The zero-order valence-electron chi connectivity index (χ0n) is 12.3. The Morgan fingerprint density at radius 2 is 2.10 bits per heavy atom. The monoisotopic (exact) mass is 277 g/mol. The first-order valence-electron chi connectivity index (χ1n) is 7.22. The average molecular weight is 277 g/mol. The van der Waals surface area contributed by atoms with Crippen LogP contribution >= 0.6 is 0 Å². The Labute approximate surface area is 120 Å². The van der Waals surface area contributed by atoms with Gasteiger partial charge in [0, 0.05) is 12.6 Å². The van der Waals surface area contributed by atoms with Gasteiger partial charge in [0.25, 0.3) is 0 Å². The summed E-state index contributed by atoms with van der Waals surface area (Å²) in [6.07, 6.45) is 3.12. The van der Waals surface area contributed by atoms with E-state index in [1.54, 1.807) is 0 Å². The van der Waals surface area contributed by atoms with Gasteiger partial charge in [0.2, 0.25) is 0 Å². The molecule has 0 radical (unpaired) electrons. The van der Waals surface area contributed by atoms with Crippen molar-refractivity contribution in [2.45, 2.75) is 39.2 Å². The number of aryl methyl sites for hydroxylation is 2. The molecule has 0 spiro atoms. The Morgan fingerprint density at radius 1 is 1.35 bits per heavy atom. The molecule has 2 rings (SSSR count). The van der Waals surface area contributed by atoms with Gasteiger partial charge < -0.3 is 9.84 Å². The summed E-state index contributed by atoms with van der Waals surface area (Å²) in [7, 11) is 0. The highest BCUT2D eigenvalue weighted by Crippen LogP contribution is 2.26. The van der Waals surface area contributed by atoms with E-state index in [-0.39, 0.29) is 6.54 Å². The van der Waals surface area contributed by atoms with Crippen molar-refractivity contribution in [2.24, 2.45) is 0 Å². The van der Waals surface area contributed by atoms with Crippen LogP contribution < -0.4 is 4.74 Å². The fourth-order valence-electron chi connectivity index (χ4n) is 2.27. The molecular formula is C16H23NO3. The lowest BCUT2D eigenvalue weighted by Gasteiger charge is -2.19. The van der Waals surface area contributed by atoms with E-state index >= 15 is 0 Å². The highest BCUT2D eigenvalue weighted by atomic mass is 16.5. The van der Waals surface area contributed by atoms with Crippen LogP contribution in [0.5, 0.6) is 5.75 Å². The molecule has 0 saturated heterocycles. The van der Waals surface area contributed by atoms with Crippen LogP contribution in [0, 0.1) is 13.8 Å². The molecule has 0 heterocycles. The molecular weight excluding hydrogens is 254 g/mol. The summed E-state index contributed by atoms with van der Waals surface area (Å²) in [5, 5.41) is 8.88. The molecule has 4 nitrogen and oxygen atoms in total. The smallest absolute Gasteiger partial charge is 0.317 e. The van der Waals surface area contributed by atoms with E-state index in [0.717, 1.165) is 31.6 Å². The Hall–Kier alpha value is -1.55. The predicted molar refractivity (Wildman–Crippen MR) is 78.3 cm³/mol. The third-order valence-corrected chi connectivity index (χ3v) is 3.74. The van der Waals surface area contributed by atoms with Crippen molar-refractivity contribution >= 4 is 5.97 Å². The number of carbonyl (C=O) groups is 1. The molecule has 4 heteroatoms. The number of benzene rings is 1. The highest BCUT2D eigenvalue weighted by Gasteiger charge is 2.29. The van der Waals surface area contributed by atoms with E-state index in [9.17, 15) is 4.79 Å². The number of rotatable bonds is 8. The van der Waals surface area contributed by atoms with Gasteiger partial charge in [-0.25, -0.2) is 0 Å². The number of aliphatic carboxylic acids is 1. The number of hydrogen-bond donors (Lipinski definition) is 1. The average Bonchev–Trinajstić information content (AvgIpc) is 3.21. The van der Waals surface area contributed by atoms with E-state index < -0.39 is 5.97 Å². The summed E-state index contributed by atoms with van der Waals surface area (Å²) in [5.74, 6) is 0.149. The van der Waals surface area contributed by atoms with Crippen LogP contribution in [-0.2, 0) is 4.79 Å². The second kappa shape index (κ2) is 6.75. The first kappa shape index (κ1) is 14.9. The number of carboxylic acids is 1. The van der Waals surface area contributed by atoms with Crippen LogP contribution in [0.3, 0.4) is 0 Å². The molecule has 0 amide bonds. The van der Waals surface area contributed by atoms with Crippen molar-refractivity contribution in [3.8, 4) is 5.75 Å². The maximum Gasteiger partial charge on any atom is 0.317 e. The van der Waals surface area contributed by atoms with Crippen molar-refractivity contribution in [2.75, 3.05) is 19.7 Å². The van der Waals surface area contributed by atoms with Crippen molar-refractivity contribution in [3.05, 3.63) is 29.3 Å². The summed E-state index contributed by atoms with van der Waals surface area (Å²) in [4.78, 5) is 12.8. The molecule has 1 aliphatic carbocycles. The normalized spacial score (nSPS) is 14.6. The molecule has 1 saturated carbocycles. The standard InChI is InChI=1S/C16H23NO3/c1-12-4-7-15(10-13(12)2)20-9-3-8-17(11-16(18)19)14-5-6-14/h4,7,10,14H,3,5-6,8-9,11H2,1-2H3,(H,18,19). The van der Waals surface area contributed by atoms with Gasteiger partial charge in [-0.1, -0.05) is 6.07 Å². The summed E-state index contributed by atoms with van der Waals surface area (Å²) in [5.41, 5.74) is 2.49. The fraction of sp³-hybridized carbons (Fsp3) is 0.562. The Balaban J connectivity index is 1.72. The summed E-state index contributed by atoms with van der Waals surface area (Å²) in [6.45, 7) is 5.73. The lowest BCUT2D eigenvalue weighted by atomic mass is 10.1. The molecule has 0 atom stereocenters. The zero-order valence-corrected chi connectivity index (χ0v) is 12.3. The van der Waals surface area contributed by atoms with Gasteiger partial charge in [-0.05, 0) is 56.4 Å². The number of nitrogens with zero attached hydrogens (tertiary/aromatic N) is 1. The minimum absolute atomic E-state index is 0.147. The first-order chi connectivity index (χ1) is 9.56. The van der Waals surface area contributed by atoms with E-state index in [2.05, 4.69) is 19.9 Å². The van der Waals surface area contributed by atoms with Crippen LogP contribution in [0.4, 0.5) is 0 Å². The van der Waals surface area contributed by atoms with Crippen molar-refractivity contribution in [1.29, 1.82) is 0 Å². The SMILES string of the molecule is Cc1ccc(OCCCN(CC(=O)O)C2CC2)cc1C. The van der Waals surface area contributed by atoms with Crippen LogP contribution in [0.25, 0.3) is 0 Å². The fourth-order valence-corrected chi connectivity index (χ4v) is 2.27. The summed E-state index contributed by atoms with van der Waals surface area (Å²) in [6, 6.07) is 6.57. The lowest BCUT2D eigenvalue weighted by Crippen LogP contribution is -2.33. The van der Waals surface area contributed by atoms with E-state index in [0.29, 0.717) is 12.6 Å². The molecule has 0 bridgehead atoms. The molecule has 0 unspecified atom stereocenters. The van der Waals surface area contributed by atoms with Crippen LogP contribution in [0.2, 0.25) is 0 Å². The van der Waals surface area contributed by atoms with E-state index in [1.165, 1.54) is 11.1 Å². The second-order valence-electron chi connectivity index (χ2n) is 5.54. The first-order valence-corrected chi connectivity index (χ1v) is 7.22. The molecule has 1 N–H and O–H groups in total. The Morgan fingerprint density at radius 3 is 2.70 bits per heavy atom. The zero-order chi connectivity index (χ0) is 14.5. The van der Waals surface area contributed by atoms with Gasteiger partial charge in [0.1, 0.15) is 5.75 Å². The Bertz CT molecular complexity index is 469. The summed E-state index contributed by atoms with van der Waals surface area (Å²) >= 11 is 0. The number of ether oxygens (including phenoxy) is 1. The molecule has 20 heavy (non-hydrogen) atoms. The van der Waals surface area contributed by atoms with Crippen molar-refractivity contribution in [1.82, 2.24) is 4.90 Å². The third kappa shape index (κ3) is 4.53. The third-order valence-electron chi connectivity index (χ3n) is 3.74. The Kier molecular flexibility index (Phi) is 5.01.